The summed E-state index contributed by atoms with van der Waals surface area (Å²) in [5.41, 5.74) is 0.951. The number of para-hydroxylation sites is 1. The van der Waals surface area contributed by atoms with Gasteiger partial charge in [0.2, 0.25) is 0 Å². The third-order valence-corrected chi connectivity index (χ3v) is 4.31. The topological polar surface area (TPSA) is 64.6 Å². The van der Waals surface area contributed by atoms with Crippen LogP contribution in [0.15, 0.2) is 83.3 Å². The molecule has 1 unspecified atom stereocenters. The Morgan fingerprint density at radius 1 is 0.893 bits per heavy atom. The lowest BCUT2D eigenvalue weighted by Gasteiger charge is -2.14. The van der Waals surface area contributed by atoms with Crippen LogP contribution in [0.4, 0.5) is 5.69 Å². The van der Waals surface area contributed by atoms with E-state index < -0.39 is 18.0 Å². The molecule has 0 radical (unpaired) electrons. The first kappa shape index (κ1) is 19.6. The highest BCUT2D eigenvalue weighted by Crippen LogP contribution is 2.22. The van der Waals surface area contributed by atoms with Crippen LogP contribution in [0.1, 0.15) is 17.3 Å². The van der Waals surface area contributed by atoms with E-state index in [1.165, 1.54) is 6.92 Å². The van der Waals surface area contributed by atoms with E-state index >= 15 is 0 Å². The van der Waals surface area contributed by atoms with E-state index in [0.29, 0.717) is 17.0 Å². The molecule has 5 nitrogen and oxygen atoms in total. The quantitative estimate of drug-likeness (QED) is 0.520. The summed E-state index contributed by atoms with van der Waals surface area (Å²) in [6, 6.07) is 23.1. The Morgan fingerprint density at radius 3 is 2.25 bits per heavy atom. The van der Waals surface area contributed by atoms with Crippen molar-refractivity contribution in [3.05, 3.63) is 88.9 Å². The molecule has 0 aliphatic carbocycles. The van der Waals surface area contributed by atoms with Crippen LogP contribution in [-0.2, 0) is 9.53 Å². The normalized spacial score (nSPS) is 11.4. The highest BCUT2D eigenvalue weighted by atomic mass is 79.9. The molecule has 6 heteroatoms. The predicted octanol–water partition coefficient (Wildman–Crippen LogP) is 5.43. The first-order valence-electron chi connectivity index (χ1n) is 8.61. The predicted molar refractivity (Wildman–Crippen MR) is 111 cm³/mol. The molecule has 0 saturated heterocycles. The minimum absolute atomic E-state index is 0.372. The minimum atomic E-state index is -0.938. The molecular formula is C22H18BrNO4. The van der Waals surface area contributed by atoms with Crippen molar-refractivity contribution in [1.82, 2.24) is 0 Å². The summed E-state index contributed by atoms with van der Waals surface area (Å²) in [5.74, 6) is 0.404. The van der Waals surface area contributed by atoms with Gasteiger partial charge in [0.25, 0.3) is 5.91 Å². The fourth-order valence-electron chi connectivity index (χ4n) is 2.37. The molecule has 3 aromatic carbocycles. The number of nitrogens with one attached hydrogen (secondary N) is 1. The van der Waals surface area contributed by atoms with Gasteiger partial charge in [-0.1, -0.05) is 40.2 Å². The highest BCUT2D eigenvalue weighted by Gasteiger charge is 2.19. The lowest BCUT2D eigenvalue weighted by atomic mass is 10.2. The van der Waals surface area contributed by atoms with Crippen molar-refractivity contribution >= 4 is 33.5 Å². The van der Waals surface area contributed by atoms with Crippen LogP contribution in [0, 0.1) is 0 Å². The van der Waals surface area contributed by atoms with Gasteiger partial charge in [0, 0.05) is 10.2 Å². The van der Waals surface area contributed by atoms with Crippen molar-refractivity contribution < 1.29 is 19.1 Å². The molecule has 28 heavy (non-hydrogen) atoms. The molecule has 1 amide bonds. The summed E-state index contributed by atoms with van der Waals surface area (Å²) in [5, 5.41) is 2.72. The number of ether oxygens (including phenoxy) is 2. The molecule has 0 heterocycles. The molecule has 0 spiro atoms. The number of rotatable bonds is 6. The molecule has 1 N–H and O–H groups in total. The Labute approximate surface area is 171 Å². The van der Waals surface area contributed by atoms with Gasteiger partial charge in [0.15, 0.2) is 6.10 Å². The van der Waals surface area contributed by atoms with Gasteiger partial charge in [-0.25, -0.2) is 4.79 Å². The lowest BCUT2D eigenvalue weighted by Crippen LogP contribution is -2.30. The first-order chi connectivity index (χ1) is 13.5. The maximum atomic E-state index is 12.3. The van der Waals surface area contributed by atoms with Crippen molar-refractivity contribution in [2.45, 2.75) is 13.0 Å². The summed E-state index contributed by atoms with van der Waals surface area (Å²) in [6.07, 6.45) is -0.938. The van der Waals surface area contributed by atoms with Gasteiger partial charge in [0.1, 0.15) is 11.5 Å². The van der Waals surface area contributed by atoms with Crippen LogP contribution in [0.5, 0.6) is 11.5 Å². The van der Waals surface area contributed by atoms with Gasteiger partial charge in [-0.2, -0.15) is 0 Å². The van der Waals surface area contributed by atoms with Crippen molar-refractivity contribution in [3.63, 3.8) is 0 Å². The Bertz CT molecular complexity index is 958. The molecular weight excluding hydrogens is 422 g/mol. The van der Waals surface area contributed by atoms with Gasteiger partial charge in [-0.05, 0) is 61.5 Å². The smallest absolute Gasteiger partial charge is 0.338 e. The van der Waals surface area contributed by atoms with Crippen molar-refractivity contribution in [2.75, 3.05) is 5.32 Å². The van der Waals surface area contributed by atoms with E-state index in [2.05, 4.69) is 21.2 Å². The molecule has 0 aromatic heterocycles. The van der Waals surface area contributed by atoms with Crippen LogP contribution in [0.2, 0.25) is 0 Å². The molecule has 0 saturated carbocycles. The fraction of sp³-hybridized carbons (Fsp3) is 0.0909. The highest BCUT2D eigenvalue weighted by molar-refractivity contribution is 9.10. The maximum absolute atomic E-state index is 12.3. The monoisotopic (exact) mass is 439 g/mol. The summed E-state index contributed by atoms with van der Waals surface area (Å²) >= 11 is 3.30. The number of anilines is 1. The Morgan fingerprint density at radius 2 is 1.57 bits per heavy atom. The van der Waals surface area contributed by atoms with Crippen molar-refractivity contribution in [2.24, 2.45) is 0 Å². The number of carbonyl (C=O) groups is 2. The van der Waals surface area contributed by atoms with E-state index in [0.717, 1.165) is 10.2 Å². The van der Waals surface area contributed by atoms with Gasteiger partial charge >= 0.3 is 5.97 Å². The van der Waals surface area contributed by atoms with Gasteiger partial charge in [-0.15, -0.1) is 0 Å². The number of esters is 1. The Balaban J connectivity index is 1.55. The van der Waals surface area contributed by atoms with Crippen LogP contribution in [0.3, 0.4) is 0 Å². The number of hydrogen-bond acceptors (Lipinski definition) is 4. The third kappa shape index (κ3) is 5.44. The third-order valence-electron chi connectivity index (χ3n) is 3.81. The number of amides is 1. The SMILES string of the molecule is CC(OC(=O)c1cccc(Br)c1)C(=O)Nc1ccc(Oc2ccccc2)cc1. The summed E-state index contributed by atoms with van der Waals surface area (Å²) in [4.78, 5) is 24.4. The number of carbonyl (C=O) groups excluding carboxylic acids is 2. The Hall–Kier alpha value is -3.12. The second kappa shape index (κ2) is 9.19. The molecule has 142 valence electrons. The first-order valence-corrected chi connectivity index (χ1v) is 9.41. The molecule has 0 aliphatic rings. The average molecular weight is 440 g/mol. The molecule has 0 fully saturated rings. The second-order valence-corrected chi connectivity index (χ2v) is 6.90. The van der Waals surface area contributed by atoms with E-state index in [-0.39, 0.29) is 0 Å². The molecule has 0 aliphatic heterocycles. The number of halogens is 1. The average Bonchev–Trinajstić information content (AvgIpc) is 2.70. The van der Waals surface area contributed by atoms with Gasteiger partial charge in [0.05, 0.1) is 5.56 Å². The summed E-state index contributed by atoms with van der Waals surface area (Å²) in [6.45, 7) is 1.53. The summed E-state index contributed by atoms with van der Waals surface area (Å²) in [7, 11) is 0. The molecule has 0 bridgehead atoms. The van der Waals surface area contributed by atoms with Crippen molar-refractivity contribution in [3.8, 4) is 11.5 Å². The van der Waals surface area contributed by atoms with Crippen LogP contribution in [-0.4, -0.2) is 18.0 Å². The molecule has 3 rings (SSSR count). The minimum Gasteiger partial charge on any atom is -0.457 e. The van der Waals surface area contributed by atoms with E-state index in [1.807, 2.05) is 30.3 Å². The number of hydrogen-bond donors (Lipinski definition) is 1. The van der Waals surface area contributed by atoms with Crippen molar-refractivity contribution in [1.29, 1.82) is 0 Å². The van der Waals surface area contributed by atoms with E-state index in [1.54, 1.807) is 48.5 Å². The fourth-order valence-corrected chi connectivity index (χ4v) is 2.77. The van der Waals surface area contributed by atoms with Crippen LogP contribution >= 0.6 is 15.9 Å². The largest absolute Gasteiger partial charge is 0.457 e. The summed E-state index contributed by atoms with van der Waals surface area (Å²) < 4.78 is 11.7. The number of benzene rings is 3. The van der Waals surface area contributed by atoms with Crippen LogP contribution < -0.4 is 10.1 Å². The zero-order valence-corrected chi connectivity index (χ0v) is 16.7. The lowest BCUT2D eigenvalue weighted by molar-refractivity contribution is -0.123. The van der Waals surface area contributed by atoms with Crippen LogP contribution in [0.25, 0.3) is 0 Å². The van der Waals surface area contributed by atoms with E-state index in [4.69, 9.17) is 9.47 Å². The zero-order chi connectivity index (χ0) is 19.9. The second-order valence-electron chi connectivity index (χ2n) is 5.99. The molecule has 1 atom stereocenters. The zero-order valence-electron chi connectivity index (χ0n) is 15.1. The van der Waals surface area contributed by atoms with E-state index in [9.17, 15) is 9.59 Å². The van der Waals surface area contributed by atoms with Gasteiger partial charge in [-0.3, -0.25) is 4.79 Å². The van der Waals surface area contributed by atoms with Gasteiger partial charge < -0.3 is 14.8 Å². The standard InChI is InChI=1S/C22H18BrNO4/c1-15(27-22(26)16-6-5-7-17(23)14-16)21(25)24-18-10-12-20(13-11-18)28-19-8-3-2-4-9-19/h2-15H,1H3,(H,24,25). The Kier molecular flexibility index (Phi) is 6.45. The molecule has 3 aromatic rings. The maximum Gasteiger partial charge on any atom is 0.338 e.